The van der Waals surface area contributed by atoms with Gasteiger partial charge in [0.2, 0.25) is 5.91 Å². The molecule has 3 aromatic carbocycles. The number of imidazole rings is 1. The summed E-state index contributed by atoms with van der Waals surface area (Å²) in [7, 11) is -1.59. The highest BCUT2D eigenvalue weighted by Crippen LogP contribution is 2.32. The molecule has 0 bridgehead atoms. The number of aromatic amines is 1. The van der Waals surface area contributed by atoms with Gasteiger partial charge in [0.15, 0.2) is 0 Å². The summed E-state index contributed by atoms with van der Waals surface area (Å²) in [5.74, 6) is 3.32. The van der Waals surface area contributed by atoms with Crippen LogP contribution in [0.5, 0.6) is 5.75 Å². The van der Waals surface area contributed by atoms with E-state index in [0.29, 0.717) is 47.2 Å². The van der Waals surface area contributed by atoms with E-state index >= 15 is 4.39 Å². The second-order valence-corrected chi connectivity index (χ2v) is 18.2. The predicted octanol–water partition coefficient (Wildman–Crippen LogP) is 7.30. The summed E-state index contributed by atoms with van der Waals surface area (Å²) in [6.45, 7) is 15.3. The van der Waals surface area contributed by atoms with Crippen molar-refractivity contribution < 1.29 is 18.7 Å². The molecule has 4 rings (SSSR count). The lowest BCUT2D eigenvalue weighted by molar-refractivity contribution is -0.123. The van der Waals surface area contributed by atoms with Crippen LogP contribution in [0.25, 0.3) is 11.3 Å². The van der Waals surface area contributed by atoms with Crippen LogP contribution in [0.4, 0.5) is 4.39 Å². The average Bonchev–Trinajstić information content (AvgIpc) is 3.50. The summed E-state index contributed by atoms with van der Waals surface area (Å²) >= 11 is 0. The van der Waals surface area contributed by atoms with E-state index < -0.39 is 26.0 Å². The Kier molecular flexibility index (Phi) is 11.2. The Hall–Kier alpha value is -4.23. The summed E-state index contributed by atoms with van der Waals surface area (Å²) in [5.41, 5.74) is 12.6. The van der Waals surface area contributed by atoms with Crippen LogP contribution in [0.2, 0.25) is 19.6 Å². The first-order valence-electron chi connectivity index (χ1n) is 15.6. The molecule has 0 saturated heterocycles. The molecule has 1 unspecified atom stereocenters. The molecule has 1 aromatic heterocycles. The molecule has 4 N–H and O–H groups in total. The van der Waals surface area contributed by atoms with E-state index in [-0.39, 0.29) is 17.4 Å². The normalized spacial score (nSPS) is 13.7. The first kappa shape index (κ1) is 34.6. The Balaban J connectivity index is 1.52. The van der Waals surface area contributed by atoms with Crippen molar-refractivity contribution in [2.24, 2.45) is 5.73 Å². The van der Waals surface area contributed by atoms with Crippen molar-refractivity contribution in [3.05, 3.63) is 107 Å². The van der Waals surface area contributed by atoms with Gasteiger partial charge in [-0.25, -0.2) is 9.37 Å². The minimum atomic E-state index is -1.59. The van der Waals surface area contributed by atoms with Crippen molar-refractivity contribution >= 4 is 14.0 Å². The maximum absolute atomic E-state index is 15.2. The number of nitrogens with zero attached hydrogens (tertiary/aromatic N) is 1. The van der Waals surface area contributed by atoms with Gasteiger partial charge in [0.05, 0.1) is 30.1 Å². The Morgan fingerprint density at radius 2 is 1.72 bits per heavy atom. The van der Waals surface area contributed by atoms with Crippen LogP contribution in [0.15, 0.2) is 79.0 Å². The number of carbonyl (C=O) groups excluding carboxylic acids is 1. The molecule has 4 aromatic rings. The molecule has 0 fully saturated rings. The number of ether oxygens (including phenoxy) is 2. The zero-order valence-electron chi connectivity index (χ0n) is 27.8. The van der Waals surface area contributed by atoms with Crippen LogP contribution in [0, 0.1) is 17.3 Å². The predicted molar refractivity (Wildman–Crippen MR) is 185 cm³/mol. The number of carbonyl (C=O) groups is 1. The highest BCUT2D eigenvalue weighted by atomic mass is 28.3. The summed E-state index contributed by atoms with van der Waals surface area (Å²) in [6, 6.07) is 20.5. The summed E-state index contributed by atoms with van der Waals surface area (Å²) in [4.78, 5) is 21.4. The molecule has 0 aliphatic rings. The SMILES string of the molecule is C[C@@H](c1ccccc1)[C@H](NC(=O)C(N)c1ccc(OCCOC(C)(C)C)cc1)c1ncc(-c2ccc(C#C[Si](C)(C)C)cc2F)[nH]1. The van der Waals surface area contributed by atoms with Gasteiger partial charge >= 0.3 is 0 Å². The minimum absolute atomic E-state index is 0.175. The van der Waals surface area contributed by atoms with Gasteiger partial charge in [-0.05, 0) is 62.2 Å². The van der Waals surface area contributed by atoms with Gasteiger partial charge in [0.25, 0.3) is 0 Å². The van der Waals surface area contributed by atoms with Gasteiger partial charge in [-0.2, -0.15) is 0 Å². The number of amides is 1. The highest BCUT2D eigenvalue weighted by Gasteiger charge is 2.28. The second kappa shape index (κ2) is 14.9. The standard InChI is InChI=1S/C37H45FN4O3Si/c1-25(27-11-9-8-10-12-27)34(35-40-24-32(41-35)30-18-13-26(23-31(30)38)19-22-46(5,6)7)42-36(43)33(39)28-14-16-29(17-15-28)44-20-21-45-37(2,3)4/h8-18,23-25,33-34H,20-21,39H2,1-7H3,(H,40,41)(H,42,43)/t25-,33?,34-/m0/s1. The van der Waals surface area contributed by atoms with Crippen molar-refractivity contribution in [3.63, 3.8) is 0 Å². The molecule has 1 amide bonds. The Morgan fingerprint density at radius 1 is 1.02 bits per heavy atom. The molecule has 0 aliphatic heterocycles. The molecule has 9 heteroatoms. The molecule has 1 heterocycles. The van der Waals surface area contributed by atoms with Gasteiger partial charge in [-0.3, -0.25) is 4.79 Å². The zero-order valence-corrected chi connectivity index (χ0v) is 28.8. The molecule has 7 nitrogen and oxygen atoms in total. The fourth-order valence-electron chi connectivity index (χ4n) is 4.75. The fourth-order valence-corrected chi connectivity index (χ4v) is 5.27. The maximum atomic E-state index is 15.2. The lowest BCUT2D eigenvalue weighted by Gasteiger charge is -2.26. The first-order valence-corrected chi connectivity index (χ1v) is 19.1. The van der Waals surface area contributed by atoms with Gasteiger partial charge in [-0.15, -0.1) is 5.54 Å². The third kappa shape index (κ3) is 9.88. The lowest BCUT2D eigenvalue weighted by Crippen LogP contribution is -2.39. The molecule has 0 aliphatic carbocycles. The van der Waals surface area contributed by atoms with E-state index in [2.05, 4.69) is 46.4 Å². The Morgan fingerprint density at radius 3 is 2.35 bits per heavy atom. The number of nitrogens with one attached hydrogen (secondary N) is 2. The number of rotatable bonds is 11. The number of halogens is 1. The lowest BCUT2D eigenvalue weighted by atomic mass is 9.92. The van der Waals surface area contributed by atoms with Crippen LogP contribution in [-0.2, 0) is 9.53 Å². The Bertz CT molecular complexity index is 1670. The molecular weight excluding hydrogens is 596 g/mol. The monoisotopic (exact) mass is 640 g/mol. The minimum Gasteiger partial charge on any atom is -0.491 e. The van der Waals surface area contributed by atoms with Gasteiger partial charge in [0.1, 0.15) is 38.1 Å². The van der Waals surface area contributed by atoms with Gasteiger partial charge < -0.3 is 25.5 Å². The average molecular weight is 641 g/mol. The first-order chi connectivity index (χ1) is 21.7. The zero-order chi connectivity index (χ0) is 33.5. The number of aromatic nitrogens is 2. The van der Waals surface area contributed by atoms with Crippen molar-refractivity contribution in [2.75, 3.05) is 13.2 Å². The summed E-state index contributed by atoms with van der Waals surface area (Å²) in [6.07, 6.45) is 1.59. The van der Waals surface area contributed by atoms with E-state index in [0.717, 1.165) is 5.56 Å². The number of H-pyrrole nitrogens is 1. The van der Waals surface area contributed by atoms with E-state index in [1.807, 2.05) is 64.1 Å². The van der Waals surface area contributed by atoms with Crippen LogP contribution in [0.1, 0.15) is 68.2 Å². The largest absolute Gasteiger partial charge is 0.491 e. The Labute approximate surface area is 273 Å². The third-order valence-electron chi connectivity index (χ3n) is 7.26. The quantitative estimate of drug-likeness (QED) is 0.0907. The fraction of sp³-hybridized carbons (Fsp3) is 0.351. The van der Waals surface area contributed by atoms with Crippen LogP contribution in [-0.4, -0.2) is 42.8 Å². The van der Waals surface area contributed by atoms with Gasteiger partial charge in [-0.1, -0.05) is 74.9 Å². The maximum Gasteiger partial charge on any atom is 0.242 e. The van der Waals surface area contributed by atoms with E-state index in [1.54, 1.807) is 36.5 Å². The molecule has 46 heavy (non-hydrogen) atoms. The van der Waals surface area contributed by atoms with Gasteiger partial charge in [0, 0.05) is 17.0 Å². The van der Waals surface area contributed by atoms with Crippen molar-refractivity contribution in [1.82, 2.24) is 15.3 Å². The van der Waals surface area contributed by atoms with Crippen LogP contribution < -0.4 is 15.8 Å². The smallest absolute Gasteiger partial charge is 0.242 e. The molecule has 242 valence electrons. The number of hydrogen-bond acceptors (Lipinski definition) is 5. The van der Waals surface area contributed by atoms with E-state index in [1.165, 1.54) is 6.07 Å². The molecular formula is C37H45FN4O3Si. The van der Waals surface area contributed by atoms with Crippen molar-refractivity contribution in [2.45, 2.75) is 70.9 Å². The van der Waals surface area contributed by atoms with Crippen LogP contribution in [0.3, 0.4) is 0 Å². The molecule has 0 saturated carbocycles. The number of hydrogen-bond donors (Lipinski definition) is 3. The van der Waals surface area contributed by atoms with Crippen molar-refractivity contribution in [1.29, 1.82) is 0 Å². The number of nitrogens with two attached hydrogens (primary N) is 1. The van der Waals surface area contributed by atoms with E-state index in [4.69, 9.17) is 15.2 Å². The third-order valence-corrected chi connectivity index (χ3v) is 8.14. The summed E-state index contributed by atoms with van der Waals surface area (Å²) in [5, 5.41) is 3.11. The van der Waals surface area contributed by atoms with Crippen LogP contribution >= 0.6 is 0 Å². The van der Waals surface area contributed by atoms with Crippen molar-refractivity contribution in [3.8, 4) is 28.5 Å². The molecule has 0 radical (unpaired) electrons. The summed E-state index contributed by atoms with van der Waals surface area (Å²) < 4.78 is 26.7. The molecule has 0 spiro atoms. The molecule has 3 atom stereocenters. The topological polar surface area (TPSA) is 102 Å². The highest BCUT2D eigenvalue weighted by molar-refractivity contribution is 6.83. The van der Waals surface area contributed by atoms with E-state index in [9.17, 15) is 4.79 Å². The second-order valence-electron chi connectivity index (χ2n) is 13.4. The number of benzene rings is 3.